The van der Waals surface area contributed by atoms with E-state index in [1.54, 1.807) is 18.9 Å². The highest BCUT2D eigenvalue weighted by Gasteiger charge is 2.00. The summed E-state index contributed by atoms with van der Waals surface area (Å²) in [4.78, 5) is 5.53. The van der Waals surface area contributed by atoms with Gasteiger partial charge in [0.25, 0.3) is 0 Å². The van der Waals surface area contributed by atoms with Crippen molar-refractivity contribution in [3.8, 4) is 0 Å². The standard InChI is InChI=1S/C11H17N3OS/c1-15-8-7-13-11(14-12)9-3-5-10(16-2)6-4-9/h3-6H,7-8,12H2,1-2H3,(H,13,14). The van der Waals surface area contributed by atoms with Crippen LogP contribution in [-0.2, 0) is 4.74 Å². The molecule has 0 heterocycles. The molecule has 0 aliphatic heterocycles. The molecule has 0 fully saturated rings. The second-order valence-corrected chi connectivity index (χ2v) is 3.98. The van der Waals surface area contributed by atoms with E-state index >= 15 is 0 Å². The molecule has 1 rings (SSSR count). The maximum atomic E-state index is 5.43. The van der Waals surface area contributed by atoms with Gasteiger partial charge in [0, 0.05) is 17.6 Å². The zero-order valence-corrected chi connectivity index (χ0v) is 10.4. The summed E-state index contributed by atoms with van der Waals surface area (Å²) in [7, 11) is 1.65. The summed E-state index contributed by atoms with van der Waals surface area (Å²) in [6.45, 7) is 1.19. The van der Waals surface area contributed by atoms with Crippen LogP contribution in [0.15, 0.2) is 34.2 Å². The predicted octanol–water partition coefficient (Wildman–Crippen LogP) is 1.26. The van der Waals surface area contributed by atoms with Crippen LogP contribution in [0.3, 0.4) is 0 Å². The van der Waals surface area contributed by atoms with E-state index in [0.717, 1.165) is 5.56 Å². The summed E-state index contributed by atoms with van der Waals surface area (Å²) in [5.41, 5.74) is 3.59. The fraction of sp³-hybridized carbons (Fsp3) is 0.364. The van der Waals surface area contributed by atoms with Crippen LogP contribution < -0.4 is 11.3 Å². The molecular weight excluding hydrogens is 222 g/mol. The van der Waals surface area contributed by atoms with Gasteiger partial charge in [-0.15, -0.1) is 11.8 Å². The maximum Gasteiger partial charge on any atom is 0.142 e. The number of aliphatic imine (C=N–C) groups is 1. The van der Waals surface area contributed by atoms with E-state index in [1.807, 2.05) is 30.5 Å². The second-order valence-electron chi connectivity index (χ2n) is 3.10. The van der Waals surface area contributed by atoms with Crippen LogP contribution >= 0.6 is 11.8 Å². The number of nitrogens with one attached hydrogen (secondary N) is 1. The largest absolute Gasteiger partial charge is 0.383 e. The molecule has 0 spiro atoms. The van der Waals surface area contributed by atoms with Crippen LogP contribution in [0, 0.1) is 0 Å². The topological polar surface area (TPSA) is 59.6 Å². The van der Waals surface area contributed by atoms with Gasteiger partial charge in [-0.2, -0.15) is 0 Å². The summed E-state index contributed by atoms with van der Waals surface area (Å²) >= 11 is 1.71. The van der Waals surface area contributed by atoms with Gasteiger partial charge in [-0.25, -0.2) is 5.84 Å². The molecule has 4 nitrogen and oxygen atoms in total. The number of methoxy groups -OCH3 is 1. The fourth-order valence-corrected chi connectivity index (χ4v) is 1.63. The van der Waals surface area contributed by atoms with E-state index in [9.17, 15) is 0 Å². The Balaban J connectivity index is 2.74. The number of ether oxygens (including phenoxy) is 1. The number of nitrogens with two attached hydrogens (primary N) is 1. The number of amidine groups is 1. The van der Waals surface area contributed by atoms with Crippen LogP contribution in [0.4, 0.5) is 0 Å². The first-order valence-corrected chi connectivity index (χ1v) is 6.18. The molecule has 1 aromatic rings. The van der Waals surface area contributed by atoms with Gasteiger partial charge in [0.2, 0.25) is 0 Å². The first-order valence-electron chi connectivity index (χ1n) is 4.96. The van der Waals surface area contributed by atoms with Gasteiger partial charge in [0.05, 0.1) is 13.2 Å². The van der Waals surface area contributed by atoms with E-state index in [0.29, 0.717) is 19.0 Å². The van der Waals surface area contributed by atoms with Crippen LogP contribution in [0.1, 0.15) is 5.56 Å². The molecule has 0 aromatic heterocycles. The molecule has 0 aliphatic carbocycles. The third-order valence-electron chi connectivity index (χ3n) is 2.07. The van der Waals surface area contributed by atoms with Gasteiger partial charge in [0.1, 0.15) is 5.84 Å². The lowest BCUT2D eigenvalue weighted by atomic mass is 10.2. The first kappa shape index (κ1) is 13.0. The minimum absolute atomic E-state index is 0.591. The molecule has 0 saturated heterocycles. The van der Waals surface area contributed by atoms with Crippen molar-refractivity contribution in [3.63, 3.8) is 0 Å². The highest BCUT2D eigenvalue weighted by molar-refractivity contribution is 7.98. The lowest BCUT2D eigenvalue weighted by Gasteiger charge is -2.06. The van der Waals surface area contributed by atoms with Crippen LogP contribution in [0.2, 0.25) is 0 Å². The smallest absolute Gasteiger partial charge is 0.142 e. The van der Waals surface area contributed by atoms with E-state index in [-0.39, 0.29) is 0 Å². The van der Waals surface area contributed by atoms with Gasteiger partial charge < -0.3 is 10.2 Å². The monoisotopic (exact) mass is 239 g/mol. The molecule has 16 heavy (non-hydrogen) atoms. The van der Waals surface area contributed by atoms with E-state index < -0.39 is 0 Å². The van der Waals surface area contributed by atoms with Gasteiger partial charge in [0.15, 0.2) is 0 Å². The number of hydrogen-bond donors (Lipinski definition) is 2. The first-order chi connectivity index (χ1) is 7.81. The third-order valence-corrected chi connectivity index (χ3v) is 2.81. The molecule has 0 radical (unpaired) electrons. The van der Waals surface area contributed by atoms with Crippen molar-refractivity contribution in [2.75, 3.05) is 26.5 Å². The average Bonchev–Trinajstić information content (AvgIpc) is 2.35. The SMILES string of the molecule is COCCN=C(NN)c1ccc(SC)cc1. The highest BCUT2D eigenvalue weighted by atomic mass is 32.2. The molecule has 3 N–H and O–H groups in total. The minimum Gasteiger partial charge on any atom is -0.383 e. The van der Waals surface area contributed by atoms with Crippen molar-refractivity contribution in [2.45, 2.75) is 4.90 Å². The molecule has 0 aliphatic rings. The summed E-state index contributed by atoms with van der Waals surface area (Å²) in [6, 6.07) is 8.08. The molecule has 0 bridgehead atoms. The molecule has 0 amide bonds. The minimum atomic E-state index is 0.591. The number of thioether (sulfide) groups is 1. The number of rotatable bonds is 5. The molecule has 5 heteroatoms. The van der Waals surface area contributed by atoms with Crippen LogP contribution in [0.25, 0.3) is 0 Å². The van der Waals surface area contributed by atoms with Crippen molar-refractivity contribution >= 4 is 17.6 Å². The maximum absolute atomic E-state index is 5.43. The molecule has 1 aromatic carbocycles. The Hall–Kier alpha value is -1.04. The van der Waals surface area contributed by atoms with E-state index in [4.69, 9.17) is 10.6 Å². The fourth-order valence-electron chi connectivity index (χ4n) is 1.22. The summed E-state index contributed by atoms with van der Waals surface area (Å²) in [5.74, 6) is 6.12. The second kappa shape index (κ2) is 7.27. The van der Waals surface area contributed by atoms with Crippen molar-refractivity contribution in [1.29, 1.82) is 0 Å². The summed E-state index contributed by atoms with van der Waals surface area (Å²) in [6.07, 6.45) is 2.05. The summed E-state index contributed by atoms with van der Waals surface area (Å²) in [5, 5.41) is 0. The lowest BCUT2D eigenvalue weighted by Crippen LogP contribution is -2.31. The van der Waals surface area contributed by atoms with Gasteiger partial charge in [-0.05, 0) is 18.4 Å². The van der Waals surface area contributed by atoms with Gasteiger partial charge >= 0.3 is 0 Å². The van der Waals surface area contributed by atoms with E-state index in [1.165, 1.54) is 4.90 Å². The third kappa shape index (κ3) is 3.84. The normalized spacial score (nSPS) is 11.6. The zero-order valence-electron chi connectivity index (χ0n) is 9.56. The molecule has 0 saturated carbocycles. The average molecular weight is 239 g/mol. The Morgan fingerprint density at radius 2 is 2.12 bits per heavy atom. The lowest BCUT2D eigenvalue weighted by molar-refractivity contribution is 0.208. The number of benzene rings is 1. The van der Waals surface area contributed by atoms with Gasteiger partial charge in [-0.1, -0.05) is 12.1 Å². The van der Waals surface area contributed by atoms with Crippen molar-refractivity contribution in [1.82, 2.24) is 5.43 Å². The quantitative estimate of drug-likeness (QED) is 0.203. The van der Waals surface area contributed by atoms with Crippen molar-refractivity contribution in [3.05, 3.63) is 29.8 Å². The Bertz CT molecular complexity index is 338. The Kier molecular flexibility index (Phi) is 5.92. The highest BCUT2D eigenvalue weighted by Crippen LogP contribution is 2.14. The number of hydrazine groups is 1. The number of nitrogens with zero attached hydrogens (tertiary/aromatic N) is 1. The van der Waals surface area contributed by atoms with E-state index in [2.05, 4.69) is 10.4 Å². The molecular formula is C11H17N3OS. The number of hydrogen-bond acceptors (Lipinski definition) is 4. The molecule has 0 atom stereocenters. The van der Waals surface area contributed by atoms with Crippen molar-refractivity contribution < 1.29 is 4.74 Å². The van der Waals surface area contributed by atoms with Gasteiger partial charge in [-0.3, -0.25) is 4.99 Å². The molecule has 0 unspecified atom stereocenters. The van der Waals surface area contributed by atoms with Crippen LogP contribution in [0.5, 0.6) is 0 Å². The van der Waals surface area contributed by atoms with Crippen LogP contribution in [-0.4, -0.2) is 32.4 Å². The Morgan fingerprint density at radius 1 is 1.44 bits per heavy atom. The Labute approximate surface area is 100 Å². The van der Waals surface area contributed by atoms with Crippen molar-refractivity contribution in [2.24, 2.45) is 10.8 Å². The Morgan fingerprint density at radius 3 is 2.62 bits per heavy atom. The summed E-state index contributed by atoms with van der Waals surface area (Å²) < 4.78 is 4.93. The molecule has 88 valence electrons. The zero-order chi connectivity index (χ0) is 11.8. The predicted molar refractivity (Wildman–Crippen MR) is 68.8 cm³/mol.